The van der Waals surface area contributed by atoms with Crippen molar-refractivity contribution < 1.29 is 14.0 Å². The molecule has 7 nitrogen and oxygen atoms in total. The lowest BCUT2D eigenvalue weighted by molar-refractivity contribution is 0.0626. The lowest BCUT2D eigenvalue weighted by Gasteiger charge is -2.34. The highest BCUT2D eigenvalue weighted by Crippen LogP contribution is 2.13. The predicted octanol–water partition coefficient (Wildman–Crippen LogP) is 2.35. The first-order valence-corrected chi connectivity index (χ1v) is 11.0. The standard InChI is InChI=1S/C24H31FN4O3/c1-17(2)7-8-28-15-20(23(31)26-3)22(30)21(16-28)24(32)29-11-9-27(10-12-29)14-18-5-4-6-19(25)13-18/h4-6,13,15-17H,7-12,14H2,1-3H3,(H,26,31). The van der Waals surface area contributed by atoms with Crippen molar-refractivity contribution in [2.24, 2.45) is 5.92 Å². The average Bonchev–Trinajstić information content (AvgIpc) is 2.78. The number of hydrogen-bond donors (Lipinski definition) is 1. The molecule has 1 aromatic heterocycles. The zero-order valence-electron chi connectivity index (χ0n) is 18.9. The van der Waals surface area contributed by atoms with Gasteiger partial charge >= 0.3 is 0 Å². The molecule has 0 aliphatic carbocycles. The summed E-state index contributed by atoms with van der Waals surface area (Å²) in [5, 5.41) is 2.48. The van der Waals surface area contributed by atoms with E-state index in [0.717, 1.165) is 12.0 Å². The number of rotatable bonds is 7. The summed E-state index contributed by atoms with van der Waals surface area (Å²) in [5.74, 6) is -0.670. The largest absolute Gasteiger partial charge is 0.355 e. The molecule has 3 rings (SSSR count). The van der Waals surface area contributed by atoms with Gasteiger partial charge in [0, 0.05) is 58.7 Å². The van der Waals surface area contributed by atoms with Crippen LogP contribution in [0.4, 0.5) is 4.39 Å². The maximum atomic E-state index is 13.4. The molecule has 1 N–H and O–H groups in total. The third kappa shape index (κ3) is 5.82. The first-order chi connectivity index (χ1) is 15.3. The zero-order chi connectivity index (χ0) is 23.3. The molecule has 0 bridgehead atoms. The van der Waals surface area contributed by atoms with E-state index < -0.39 is 11.3 Å². The topological polar surface area (TPSA) is 74.7 Å². The lowest BCUT2D eigenvalue weighted by Crippen LogP contribution is -2.49. The Hall–Kier alpha value is -3.00. The summed E-state index contributed by atoms with van der Waals surface area (Å²) in [5.41, 5.74) is 0.341. The molecule has 0 saturated carbocycles. The summed E-state index contributed by atoms with van der Waals surface area (Å²) in [7, 11) is 1.46. The smallest absolute Gasteiger partial charge is 0.259 e. The van der Waals surface area contributed by atoms with Crippen LogP contribution in [-0.4, -0.2) is 59.4 Å². The van der Waals surface area contributed by atoms with Gasteiger partial charge in [-0.05, 0) is 30.0 Å². The number of piperazine rings is 1. The molecular weight excluding hydrogens is 411 g/mol. The molecular formula is C24H31FN4O3. The lowest BCUT2D eigenvalue weighted by atomic mass is 10.1. The average molecular weight is 443 g/mol. The second-order valence-corrected chi connectivity index (χ2v) is 8.61. The van der Waals surface area contributed by atoms with E-state index in [1.165, 1.54) is 25.4 Å². The highest BCUT2D eigenvalue weighted by molar-refractivity contribution is 5.99. The maximum Gasteiger partial charge on any atom is 0.259 e. The number of amides is 2. The van der Waals surface area contributed by atoms with Gasteiger partial charge in [0.25, 0.3) is 11.8 Å². The van der Waals surface area contributed by atoms with Gasteiger partial charge in [-0.2, -0.15) is 0 Å². The Morgan fingerprint density at radius 3 is 2.41 bits per heavy atom. The molecule has 2 amide bonds. The molecule has 0 spiro atoms. The van der Waals surface area contributed by atoms with Gasteiger partial charge in [0.2, 0.25) is 5.43 Å². The first-order valence-electron chi connectivity index (χ1n) is 11.0. The molecule has 1 fully saturated rings. The number of nitrogens with one attached hydrogen (secondary N) is 1. The molecule has 2 aromatic rings. The van der Waals surface area contributed by atoms with Gasteiger partial charge in [0.1, 0.15) is 16.9 Å². The number of pyridine rings is 1. The van der Waals surface area contributed by atoms with Crippen LogP contribution in [0.25, 0.3) is 0 Å². The Morgan fingerprint density at radius 1 is 1.09 bits per heavy atom. The van der Waals surface area contributed by atoms with Crippen LogP contribution >= 0.6 is 0 Å². The molecule has 8 heteroatoms. The number of aromatic nitrogens is 1. The summed E-state index contributed by atoms with van der Waals surface area (Å²) in [6, 6.07) is 6.50. The van der Waals surface area contributed by atoms with Crippen LogP contribution in [0.15, 0.2) is 41.5 Å². The molecule has 0 unspecified atom stereocenters. The molecule has 1 aliphatic rings. The van der Waals surface area contributed by atoms with Crippen molar-refractivity contribution in [3.63, 3.8) is 0 Å². The summed E-state index contributed by atoms with van der Waals surface area (Å²) < 4.78 is 15.2. The molecule has 1 saturated heterocycles. The fourth-order valence-corrected chi connectivity index (χ4v) is 3.79. The summed E-state index contributed by atoms with van der Waals surface area (Å²) in [6.45, 7) is 7.58. The maximum absolute atomic E-state index is 13.4. The number of benzene rings is 1. The van der Waals surface area contributed by atoms with E-state index in [-0.39, 0.29) is 22.9 Å². The Labute approximate surface area is 187 Å². The van der Waals surface area contributed by atoms with Crippen LogP contribution in [0, 0.1) is 11.7 Å². The Balaban J connectivity index is 1.74. The molecule has 172 valence electrons. The number of carbonyl (C=O) groups excluding carboxylic acids is 2. The summed E-state index contributed by atoms with van der Waals surface area (Å²) in [4.78, 5) is 42.1. The summed E-state index contributed by atoms with van der Waals surface area (Å²) >= 11 is 0. The minimum Gasteiger partial charge on any atom is -0.355 e. The van der Waals surface area contributed by atoms with E-state index in [1.54, 1.807) is 21.7 Å². The quantitative estimate of drug-likeness (QED) is 0.714. The van der Waals surface area contributed by atoms with Crippen LogP contribution in [0.2, 0.25) is 0 Å². The van der Waals surface area contributed by atoms with Crippen molar-refractivity contribution in [3.8, 4) is 0 Å². The van der Waals surface area contributed by atoms with Crippen LogP contribution in [0.3, 0.4) is 0 Å². The Kier molecular flexibility index (Phi) is 7.80. The fraction of sp³-hybridized carbons (Fsp3) is 0.458. The van der Waals surface area contributed by atoms with Gasteiger partial charge in [0.05, 0.1) is 0 Å². The second-order valence-electron chi connectivity index (χ2n) is 8.61. The zero-order valence-corrected chi connectivity index (χ0v) is 18.9. The SMILES string of the molecule is CNC(=O)c1cn(CCC(C)C)cc(C(=O)N2CCN(Cc3cccc(F)c3)CC2)c1=O. The molecule has 32 heavy (non-hydrogen) atoms. The molecule has 2 heterocycles. The molecule has 1 aromatic carbocycles. The number of nitrogens with zero attached hydrogens (tertiary/aromatic N) is 3. The number of aryl methyl sites for hydroxylation is 1. The third-order valence-electron chi connectivity index (χ3n) is 5.70. The third-order valence-corrected chi connectivity index (χ3v) is 5.70. The van der Waals surface area contributed by atoms with E-state index in [0.29, 0.717) is 45.2 Å². The molecule has 1 aliphatic heterocycles. The van der Waals surface area contributed by atoms with Crippen molar-refractivity contribution in [1.82, 2.24) is 19.7 Å². The van der Waals surface area contributed by atoms with Gasteiger partial charge in [-0.1, -0.05) is 26.0 Å². The van der Waals surface area contributed by atoms with E-state index in [4.69, 9.17) is 0 Å². The van der Waals surface area contributed by atoms with Crippen LogP contribution in [0.5, 0.6) is 0 Å². The Bertz CT molecular complexity index is 1030. The first kappa shape index (κ1) is 23.7. The number of carbonyl (C=O) groups is 2. The highest BCUT2D eigenvalue weighted by atomic mass is 19.1. The molecule has 0 radical (unpaired) electrons. The van der Waals surface area contributed by atoms with Crippen molar-refractivity contribution in [3.05, 3.63) is 69.4 Å². The van der Waals surface area contributed by atoms with E-state index in [2.05, 4.69) is 24.1 Å². The Morgan fingerprint density at radius 2 is 1.78 bits per heavy atom. The van der Waals surface area contributed by atoms with Crippen LogP contribution in [-0.2, 0) is 13.1 Å². The van der Waals surface area contributed by atoms with Gasteiger partial charge in [0.15, 0.2) is 0 Å². The van der Waals surface area contributed by atoms with Crippen LogP contribution in [0.1, 0.15) is 46.5 Å². The van der Waals surface area contributed by atoms with Crippen molar-refractivity contribution in [1.29, 1.82) is 0 Å². The number of hydrogen-bond acceptors (Lipinski definition) is 4. The highest BCUT2D eigenvalue weighted by Gasteiger charge is 2.26. The van der Waals surface area contributed by atoms with E-state index in [1.807, 2.05) is 6.07 Å². The van der Waals surface area contributed by atoms with E-state index >= 15 is 0 Å². The van der Waals surface area contributed by atoms with Crippen molar-refractivity contribution in [2.45, 2.75) is 33.4 Å². The normalized spacial score (nSPS) is 14.6. The van der Waals surface area contributed by atoms with E-state index in [9.17, 15) is 18.8 Å². The predicted molar refractivity (Wildman–Crippen MR) is 121 cm³/mol. The monoisotopic (exact) mass is 442 g/mol. The van der Waals surface area contributed by atoms with Gasteiger partial charge in [-0.3, -0.25) is 19.3 Å². The number of halogens is 1. The molecule has 0 atom stereocenters. The fourth-order valence-electron chi connectivity index (χ4n) is 3.79. The minimum absolute atomic E-state index is 0.0214. The summed E-state index contributed by atoms with van der Waals surface area (Å²) in [6.07, 6.45) is 3.96. The van der Waals surface area contributed by atoms with Crippen molar-refractivity contribution in [2.75, 3.05) is 33.2 Å². The van der Waals surface area contributed by atoms with Crippen LogP contribution < -0.4 is 10.7 Å². The van der Waals surface area contributed by atoms with Gasteiger partial charge in [-0.25, -0.2) is 4.39 Å². The van der Waals surface area contributed by atoms with Crippen molar-refractivity contribution >= 4 is 11.8 Å². The minimum atomic E-state index is -0.544. The van der Waals surface area contributed by atoms with Gasteiger partial charge in [-0.15, -0.1) is 0 Å². The second kappa shape index (κ2) is 10.5. The van der Waals surface area contributed by atoms with Gasteiger partial charge < -0.3 is 14.8 Å².